The van der Waals surface area contributed by atoms with Gasteiger partial charge in [0, 0.05) is 5.02 Å². The number of sulfonamides is 1. The van der Waals surface area contributed by atoms with Crippen LogP contribution < -0.4 is 9.62 Å². The molecule has 0 radical (unpaired) electrons. The molecule has 0 fully saturated rings. The Morgan fingerprint density at radius 2 is 1.67 bits per heavy atom. The second-order valence-corrected chi connectivity index (χ2v) is 8.90. The molecule has 5 nitrogen and oxygen atoms in total. The maximum Gasteiger partial charge on any atom is 0.244 e. The summed E-state index contributed by atoms with van der Waals surface area (Å²) in [6.45, 7) is 5.66. The lowest BCUT2D eigenvalue weighted by Crippen LogP contribution is -2.49. The van der Waals surface area contributed by atoms with Gasteiger partial charge in [-0.2, -0.15) is 0 Å². The number of carbonyl (C=O) groups excluding carboxylic acids is 1. The normalized spacial score (nSPS) is 13.7. The molecule has 0 aromatic heterocycles. The van der Waals surface area contributed by atoms with Crippen molar-refractivity contribution in [3.63, 3.8) is 0 Å². The molecule has 0 bridgehead atoms. The maximum atomic E-state index is 12.9. The molecule has 1 amide bonds. The second kappa shape index (κ2) is 8.76. The summed E-state index contributed by atoms with van der Waals surface area (Å²) in [7, 11) is -3.66. The third-order valence-electron chi connectivity index (χ3n) is 4.35. The summed E-state index contributed by atoms with van der Waals surface area (Å²) in [5.74, 6) is -0.342. The minimum Gasteiger partial charge on any atom is -0.348 e. The highest BCUT2D eigenvalue weighted by molar-refractivity contribution is 7.92. The van der Waals surface area contributed by atoms with Gasteiger partial charge >= 0.3 is 0 Å². The molecule has 2 aromatic rings. The molecule has 2 rings (SSSR count). The molecule has 0 aliphatic carbocycles. The number of carbonyl (C=O) groups is 1. The highest BCUT2D eigenvalue weighted by Gasteiger charge is 2.32. The number of halogens is 1. The number of anilines is 1. The topological polar surface area (TPSA) is 66.5 Å². The Balaban J connectivity index is 2.28. The van der Waals surface area contributed by atoms with Gasteiger partial charge < -0.3 is 5.32 Å². The van der Waals surface area contributed by atoms with Gasteiger partial charge in [-0.25, -0.2) is 8.42 Å². The maximum absolute atomic E-state index is 12.9. The quantitative estimate of drug-likeness (QED) is 0.750. The lowest BCUT2D eigenvalue weighted by atomic mass is 10.1. The van der Waals surface area contributed by atoms with Gasteiger partial charge in [-0.05, 0) is 50.1 Å². The molecule has 2 aromatic carbocycles. The summed E-state index contributed by atoms with van der Waals surface area (Å²) in [5, 5.41) is 3.43. The lowest BCUT2D eigenvalue weighted by molar-refractivity contribution is -0.122. The number of hydrogen-bond donors (Lipinski definition) is 1. The second-order valence-electron chi connectivity index (χ2n) is 6.60. The standard InChI is InChI=1S/C20H25ClN2O3S/c1-5-19(20(24)22-15(3)16-8-6-14(2)7-9-16)23(27(4,25)26)18-12-10-17(21)11-13-18/h6-13,15,19H,5H2,1-4H3,(H,22,24)/t15-,19+/m1/s1. The van der Waals surface area contributed by atoms with E-state index in [4.69, 9.17) is 11.6 Å². The Bertz CT molecular complexity index is 880. The predicted octanol–water partition coefficient (Wildman–Crippen LogP) is 4.07. The third kappa shape index (κ3) is 5.47. The Hall–Kier alpha value is -2.05. The van der Waals surface area contributed by atoms with Crippen molar-refractivity contribution in [3.05, 3.63) is 64.7 Å². The van der Waals surface area contributed by atoms with Crippen molar-refractivity contribution in [3.8, 4) is 0 Å². The summed E-state index contributed by atoms with van der Waals surface area (Å²) < 4.78 is 26.0. The van der Waals surface area contributed by atoms with E-state index in [2.05, 4.69) is 5.32 Å². The van der Waals surface area contributed by atoms with Crippen molar-refractivity contribution in [1.82, 2.24) is 5.32 Å². The van der Waals surface area contributed by atoms with Crippen LogP contribution in [0.2, 0.25) is 5.02 Å². The number of nitrogens with zero attached hydrogens (tertiary/aromatic N) is 1. The van der Waals surface area contributed by atoms with E-state index in [9.17, 15) is 13.2 Å². The van der Waals surface area contributed by atoms with Gasteiger partial charge in [0.2, 0.25) is 15.9 Å². The van der Waals surface area contributed by atoms with E-state index in [0.717, 1.165) is 21.7 Å². The molecule has 1 N–H and O–H groups in total. The van der Waals surface area contributed by atoms with Crippen LogP contribution in [0, 0.1) is 6.92 Å². The molecule has 7 heteroatoms. The number of hydrogen-bond acceptors (Lipinski definition) is 3. The van der Waals surface area contributed by atoms with E-state index in [1.165, 1.54) is 0 Å². The number of nitrogens with one attached hydrogen (secondary N) is 1. The van der Waals surface area contributed by atoms with Crippen LogP contribution in [0.1, 0.15) is 37.4 Å². The fourth-order valence-corrected chi connectivity index (χ4v) is 4.23. The fourth-order valence-electron chi connectivity index (χ4n) is 2.90. The van der Waals surface area contributed by atoms with Gasteiger partial charge in [-0.1, -0.05) is 48.4 Å². The number of benzene rings is 2. The minimum absolute atomic E-state index is 0.237. The first-order valence-corrected chi connectivity index (χ1v) is 11.0. The molecular weight excluding hydrogens is 384 g/mol. The smallest absolute Gasteiger partial charge is 0.244 e. The summed E-state index contributed by atoms with van der Waals surface area (Å²) in [4.78, 5) is 12.9. The van der Waals surface area contributed by atoms with Crippen molar-refractivity contribution in [2.24, 2.45) is 0 Å². The van der Waals surface area contributed by atoms with Crippen LogP contribution in [0.5, 0.6) is 0 Å². The van der Waals surface area contributed by atoms with E-state index in [0.29, 0.717) is 17.1 Å². The lowest BCUT2D eigenvalue weighted by Gasteiger charge is -2.31. The molecule has 0 aliphatic rings. The average Bonchev–Trinajstić information content (AvgIpc) is 2.60. The average molecular weight is 409 g/mol. The third-order valence-corrected chi connectivity index (χ3v) is 5.78. The number of amides is 1. The van der Waals surface area contributed by atoms with E-state index < -0.39 is 16.1 Å². The molecule has 146 valence electrons. The van der Waals surface area contributed by atoms with E-state index in [1.54, 1.807) is 31.2 Å². The number of aryl methyl sites for hydroxylation is 1. The van der Waals surface area contributed by atoms with Gasteiger partial charge in [0.15, 0.2) is 0 Å². The zero-order chi connectivity index (χ0) is 20.2. The summed E-state index contributed by atoms with van der Waals surface area (Å²) in [5.41, 5.74) is 2.50. The Morgan fingerprint density at radius 3 is 2.15 bits per heavy atom. The molecule has 0 unspecified atom stereocenters. The highest BCUT2D eigenvalue weighted by Crippen LogP contribution is 2.25. The molecule has 0 saturated carbocycles. The molecule has 27 heavy (non-hydrogen) atoms. The van der Waals surface area contributed by atoms with Gasteiger partial charge in [0.25, 0.3) is 0 Å². The van der Waals surface area contributed by atoms with Crippen molar-refractivity contribution in [2.45, 2.75) is 39.3 Å². The Morgan fingerprint density at radius 1 is 1.11 bits per heavy atom. The first-order valence-electron chi connectivity index (χ1n) is 8.75. The number of rotatable bonds is 7. The highest BCUT2D eigenvalue weighted by atomic mass is 35.5. The van der Waals surface area contributed by atoms with Crippen LogP contribution in [-0.4, -0.2) is 26.6 Å². The summed E-state index contributed by atoms with van der Waals surface area (Å²) in [6.07, 6.45) is 1.43. The van der Waals surface area contributed by atoms with Crippen molar-refractivity contribution in [2.75, 3.05) is 10.6 Å². The first kappa shape index (κ1) is 21.3. The van der Waals surface area contributed by atoms with Crippen LogP contribution in [-0.2, 0) is 14.8 Å². The molecular formula is C20H25ClN2O3S. The van der Waals surface area contributed by atoms with Crippen molar-refractivity contribution >= 4 is 33.2 Å². The van der Waals surface area contributed by atoms with E-state index in [1.807, 2.05) is 38.1 Å². The summed E-state index contributed by atoms with van der Waals surface area (Å²) in [6, 6.07) is 13.2. The summed E-state index contributed by atoms with van der Waals surface area (Å²) >= 11 is 5.91. The van der Waals surface area contributed by atoms with Crippen molar-refractivity contribution in [1.29, 1.82) is 0 Å². The van der Waals surface area contributed by atoms with Crippen LogP contribution in [0.3, 0.4) is 0 Å². The molecule has 0 aliphatic heterocycles. The largest absolute Gasteiger partial charge is 0.348 e. The van der Waals surface area contributed by atoms with Crippen molar-refractivity contribution < 1.29 is 13.2 Å². The monoisotopic (exact) mass is 408 g/mol. The molecule has 0 saturated heterocycles. The van der Waals surface area contributed by atoms with Gasteiger partial charge in [0.1, 0.15) is 6.04 Å². The van der Waals surface area contributed by atoms with Crippen LogP contribution in [0.15, 0.2) is 48.5 Å². The zero-order valence-corrected chi connectivity index (χ0v) is 17.5. The van der Waals surface area contributed by atoms with Gasteiger partial charge in [-0.3, -0.25) is 9.10 Å². The Kier molecular flexibility index (Phi) is 6.89. The first-order chi connectivity index (χ1) is 12.6. The SMILES string of the molecule is CC[C@@H](C(=O)N[C@H](C)c1ccc(C)cc1)N(c1ccc(Cl)cc1)S(C)(=O)=O. The predicted molar refractivity (Wildman–Crippen MR) is 111 cm³/mol. The zero-order valence-electron chi connectivity index (χ0n) is 15.9. The minimum atomic E-state index is -3.66. The van der Waals surface area contributed by atoms with Crippen LogP contribution >= 0.6 is 11.6 Å². The molecule has 0 spiro atoms. The van der Waals surface area contributed by atoms with Crippen LogP contribution in [0.25, 0.3) is 0 Å². The fraction of sp³-hybridized carbons (Fsp3) is 0.350. The van der Waals surface area contributed by atoms with Crippen LogP contribution in [0.4, 0.5) is 5.69 Å². The Labute approximate surface area is 166 Å². The van der Waals surface area contributed by atoms with E-state index in [-0.39, 0.29) is 11.9 Å². The molecule has 2 atom stereocenters. The van der Waals surface area contributed by atoms with E-state index >= 15 is 0 Å². The van der Waals surface area contributed by atoms with Gasteiger partial charge in [0.05, 0.1) is 18.0 Å². The molecule has 0 heterocycles. The van der Waals surface area contributed by atoms with Gasteiger partial charge in [-0.15, -0.1) is 0 Å².